The minimum Gasteiger partial charge on any atom is -0.316 e. The summed E-state index contributed by atoms with van der Waals surface area (Å²) in [6.45, 7) is 4.90. The Morgan fingerprint density at radius 1 is 1.50 bits per heavy atom. The third-order valence-electron chi connectivity index (χ3n) is 1.67. The number of nitrogens with zero attached hydrogens (tertiary/aromatic N) is 1. The number of rotatable bonds is 7. The van der Waals surface area contributed by atoms with Crippen LogP contribution in [-0.2, 0) is 9.63 Å². The quantitative estimate of drug-likeness (QED) is 0.494. The van der Waals surface area contributed by atoms with Gasteiger partial charge >= 0.3 is 6.03 Å². The Kier molecular flexibility index (Phi) is 7.83. The first kappa shape index (κ1) is 12.9. The second-order valence-electron chi connectivity index (χ2n) is 2.81. The highest BCUT2D eigenvalue weighted by atomic mass is 16.7. The van der Waals surface area contributed by atoms with Crippen molar-refractivity contribution in [2.24, 2.45) is 0 Å². The van der Waals surface area contributed by atoms with Gasteiger partial charge in [0.15, 0.2) is 0 Å². The Balaban J connectivity index is 3.90. The van der Waals surface area contributed by atoms with Crippen LogP contribution in [0.25, 0.3) is 0 Å². The number of hydroxylamine groups is 1. The van der Waals surface area contributed by atoms with E-state index in [9.17, 15) is 9.59 Å². The number of carbonyl (C=O) groups excluding carboxylic acids is 2. The van der Waals surface area contributed by atoms with Crippen molar-refractivity contribution in [3.8, 4) is 0 Å². The summed E-state index contributed by atoms with van der Waals surface area (Å²) in [5, 5.41) is 0. The third-order valence-corrected chi connectivity index (χ3v) is 1.67. The maximum atomic E-state index is 11.3. The molecule has 14 heavy (non-hydrogen) atoms. The fraction of sp³-hybridized carbons (Fsp3) is 0.778. The SMILES string of the molecule is CCCCN(CC=O)C(=O)NOCC. The second kappa shape index (κ2) is 8.50. The molecule has 0 aliphatic carbocycles. The number of carbonyl (C=O) groups is 2. The van der Waals surface area contributed by atoms with E-state index in [1.807, 2.05) is 6.92 Å². The summed E-state index contributed by atoms with van der Waals surface area (Å²) >= 11 is 0. The molecule has 0 saturated carbocycles. The number of unbranched alkanes of at least 4 members (excludes halogenated alkanes) is 1. The fourth-order valence-corrected chi connectivity index (χ4v) is 0.913. The van der Waals surface area contributed by atoms with Gasteiger partial charge in [0.05, 0.1) is 13.2 Å². The lowest BCUT2D eigenvalue weighted by atomic mass is 10.3. The topological polar surface area (TPSA) is 58.6 Å². The average molecular weight is 202 g/mol. The van der Waals surface area contributed by atoms with E-state index in [1.54, 1.807) is 6.92 Å². The zero-order chi connectivity index (χ0) is 10.8. The molecule has 0 aliphatic heterocycles. The summed E-state index contributed by atoms with van der Waals surface area (Å²) in [6, 6.07) is -0.354. The summed E-state index contributed by atoms with van der Waals surface area (Å²) in [5.41, 5.74) is 2.25. The Bertz CT molecular complexity index is 173. The van der Waals surface area contributed by atoms with Crippen LogP contribution in [0.4, 0.5) is 4.79 Å². The molecule has 5 nitrogen and oxygen atoms in total. The molecule has 0 atom stereocenters. The summed E-state index contributed by atoms with van der Waals surface area (Å²) in [6.07, 6.45) is 2.58. The minimum atomic E-state index is -0.354. The van der Waals surface area contributed by atoms with Crippen LogP contribution in [0.1, 0.15) is 26.7 Å². The Labute approximate surface area is 84.4 Å². The van der Waals surface area contributed by atoms with Gasteiger partial charge in [-0.3, -0.25) is 4.84 Å². The van der Waals surface area contributed by atoms with Crippen molar-refractivity contribution >= 4 is 12.3 Å². The van der Waals surface area contributed by atoms with Gasteiger partial charge in [-0.05, 0) is 13.3 Å². The molecule has 0 fully saturated rings. The fourth-order valence-electron chi connectivity index (χ4n) is 0.913. The predicted octanol–water partition coefficient (Wildman–Crippen LogP) is 0.948. The maximum absolute atomic E-state index is 11.3. The highest BCUT2D eigenvalue weighted by molar-refractivity contribution is 5.75. The monoisotopic (exact) mass is 202 g/mol. The number of urea groups is 1. The molecule has 0 radical (unpaired) electrons. The molecule has 0 aromatic carbocycles. The first-order chi connectivity index (χ1) is 6.76. The van der Waals surface area contributed by atoms with Crippen LogP contribution in [0.15, 0.2) is 0 Å². The van der Waals surface area contributed by atoms with Gasteiger partial charge in [-0.25, -0.2) is 10.3 Å². The number of hydrogen-bond donors (Lipinski definition) is 1. The van der Waals surface area contributed by atoms with Crippen LogP contribution in [0.2, 0.25) is 0 Å². The van der Waals surface area contributed by atoms with E-state index in [4.69, 9.17) is 4.84 Å². The van der Waals surface area contributed by atoms with E-state index in [-0.39, 0.29) is 12.6 Å². The van der Waals surface area contributed by atoms with Crippen LogP contribution >= 0.6 is 0 Å². The zero-order valence-corrected chi connectivity index (χ0v) is 8.78. The summed E-state index contributed by atoms with van der Waals surface area (Å²) < 4.78 is 0. The van der Waals surface area contributed by atoms with E-state index in [1.165, 1.54) is 4.90 Å². The van der Waals surface area contributed by atoms with Crippen molar-refractivity contribution in [3.05, 3.63) is 0 Å². The van der Waals surface area contributed by atoms with Gasteiger partial charge < -0.3 is 9.69 Å². The predicted molar refractivity (Wildman–Crippen MR) is 52.7 cm³/mol. The smallest absolute Gasteiger partial charge is 0.316 e. The van der Waals surface area contributed by atoms with E-state index < -0.39 is 0 Å². The van der Waals surface area contributed by atoms with Crippen molar-refractivity contribution in [2.45, 2.75) is 26.7 Å². The molecule has 1 N–H and O–H groups in total. The molecule has 0 heterocycles. The molecule has 0 bridgehead atoms. The van der Waals surface area contributed by atoms with Gasteiger partial charge in [0, 0.05) is 6.54 Å². The summed E-state index contributed by atoms with van der Waals surface area (Å²) in [4.78, 5) is 27.8. The Morgan fingerprint density at radius 3 is 2.71 bits per heavy atom. The van der Waals surface area contributed by atoms with Crippen LogP contribution in [-0.4, -0.2) is 36.9 Å². The molecule has 5 heteroatoms. The van der Waals surface area contributed by atoms with Gasteiger partial charge in [0.2, 0.25) is 0 Å². The van der Waals surface area contributed by atoms with E-state index >= 15 is 0 Å². The maximum Gasteiger partial charge on any atom is 0.341 e. The zero-order valence-electron chi connectivity index (χ0n) is 8.78. The molecule has 82 valence electrons. The lowest BCUT2D eigenvalue weighted by molar-refractivity contribution is -0.108. The molecule has 0 saturated heterocycles. The van der Waals surface area contributed by atoms with E-state index in [0.29, 0.717) is 19.4 Å². The lowest BCUT2D eigenvalue weighted by Gasteiger charge is -2.19. The molecule has 0 aromatic heterocycles. The van der Waals surface area contributed by atoms with Crippen LogP contribution < -0.4 is 5.48 Å². The number of amides is 2. The standard InChI is InChI=1S/C9H18N2O3/c1-3-5-6-11(7-8-12)9(13)10-14-4-2/h8H,3-7H2,1-2H3,(H,10,13). The molecular formula is C9H18N2O3. The molecule has 0 aromatic rings. The molecule has 0 spiro atoms. The van der Waals surface area contributed by atoms with Gasteiger partial charge in [-0.2, -0.15) is 0 Å². The van der Waals surface area contributed by atoms with Crippen LogP contribution in [0.5, 0.6) is 0 Å². The highest BCUT2D eigenvalue weighted by Crippen LogP contribution is 1.94. The minimum absolute atomic E-state index is 0.110. The van der Waals surface area contributed by atoms with Crippen molar-refractivity contribution in [1.29, 1.82) is 0 Å². The highest BCUT2D eigenvalue weighted by Gasteiger charge is 2.11. The van der Waals surface area contributed by atoms with Gasteiger partial charge in [-0.1, -0.05) is 13.3 Å². The largest absolute Gasteiger partial charge is 0.341 e. The first-order valence-electron chi connectivity index (χ1n) is 4.86. The van der Waals surface area contributed by atoms with Gasteiger partial charge in [0.25, 0.3) is 0 Å². The van der Waals surface area contributed by atoms with Crippen LogP contribution in [0, 0.1) is 0 Å². The lowest BCUT2D eigenvalue weighted by Crippen LogP contribution is -2.41. The molecular weight excluding hydrogens is 184 g/mol. The van der Waals surface area contributed by atoms with Crippen molar-refractivity contribution < 1.29 is 14.4 Å². The van der Waals surface area contributed by atoms with Crippen molar-refractivity contribution in [2.75, 3.05) is 19.7 Å². The molecule has 0 aliphatic rings. The normalized spacial score (nSPS) is 9.57. The molecule has 2 amide bonds. The average Bonchev–Trinajstić information content (AvgIpc) is 2.20. The van der Waals surface area contributed by atoms with Crippen LogP contribution in [0.3, 0.4) is 0 Å². The number of nitrogens with one attached hydrogen (secondary N) is 1. The van der Waals surface area contributed by atoms with Crippen molar-refractivity contribution in [3.63, 3.8) is 0 Å². The first-order valence-corrected chi connectivity index (χ1v) is 4.86. The van der Waals surface area contributed by atoms with Crippen molar-refractivity contribution in [1.82, 2.24) is 10.4 Å². The summed E-state index contributed by atoms with van der Waals surface area (Å²) in [5.74, 6) is 0. The Hall–Kier alpha value is -1.10. The second-order valence-corrected chi connectivity index (χ2v) is 2.81. The molecule has 0 unspecified atom stereocenters. The number of aldehydes is 1. The van der Waals surface area contributed by atoms with Gasteiger partial charge in [0.1, 0.15) is 6.29 Å². The van der Waals surface area contributed by atoms with E-state index in [0.717, 1.165) is 12.8 Å². The Morgan fingerprint density at radius 2 is 2.21 bits per heavy atom. The molecule has 0 rings (SSSR count). The summed E-state index contributed by atoms with van der Waals surface area (Å²) in [7, 11) is 0. The van der Waals surface area contributed by atoms with E-state index in [2.05, 4.69) is 5.48 Å². The number of hydrogen-bond acceptors (Lipinski definition) is 3. The van der Waals surface area contributed by atoms with Gasteiger partial charge in [-0.15, -0.1) is 0 Å². The third kappa shape index (κ3) is 5.53.